The van der Waals surface area contributed by atoms with Gasteiger partial charge in [0.05, 0.1) is 6.54 Å². The van der Waals surface area contributed by atoms with Crippen molar-refractivity contribution in [1.82, 2.24) is 9.78 Å². The van der Waals surface area contributed by atoms with Gasteiger partial charge in [0, 0.05) is 6.07 Å². The summed E-state index contributed by atoms with van der Waals surface area (Å²) >= 11 is 0. The molecule has 4 heteroatoms. The summed E-state index contributed by atoms with van der Waals surface area (Å²) < 4.78 is 1.38. The van der Waals surface area contributed by atoms with Gasteiger partial charge in [-0.25, -0.2) is 4.68 Å². The fourth-order valence-corrected chi connectivity index (χ4v) is 1.86. The SMILES string of the molecule is CC(C)(C)c1ccc(Cn2nc(N)ccc2=O)cc1. The smallest absolute Gasteiger partial charge is 0.267 e. The van der Waals surface area contributed by atoms with Crippen LogP contribution in [0.4, 0.5) is 5.82 Å². The Balaban J connectivity index is 2.25. The number of benzene rings is 1. The summed E-state index contributed by atoms with van der Waals surface area (Å²) in [7, 11) is 0. The zero-order valence-corrected chi connectivity index (χ0v) is 11.6. The minimum atomic E-state index is -0.144. The molecule has 0 aliphatic rings. The molecule has 0 bridgehead atoms. The average Bonchev–Trinajstić information content (AvgIpc) is 2.33. The van der Waals surface area contributed by atoms with Crippen molar-refractivity contribution in [1.29, 1.82) is 0 Å². The van der Waals surface area contributed by atoms with Gasteiger partial charge < -0.3 is 5.73 Å². The van der Waals surface area contributed by atoms with Crippen LogP contribution in [0.2, 0.25) is 0 Å². The number of aromatic nitrogens is 2. The summed E-state index contributed by atoms with van der Waals surface area (Å²) in [5.74, 6) is 0.353. The normalized spacial score (nSPS) is 11.5. The Labute approximate surface area is 112 Å². The Morgan fingerprint density at radius 3 is 2.32 bits per heavy atom. The van der Waals surface area contributed by atoms with Gasteiger partial charge in [0.1, 0.15) is 5.82 Å². The zero-order chi connectivity index (χ0) is 14.0. The van der Waals surface area contributed by atoms with Gasteiger partial charge in [-0.05, 0) is 22.6 Å². The van der Waals surface area contributed by atoms with E-state index in [1.807, 2.05) is 12.1 Å². The summed E-state index contributed by atoms with van der Waals surface area (Å²) in [5.41, 5.74) is 7.88. The molecule has 1 aromatic heterocycles. The number of nitrogen functional groups attached to an aromatic ring is 1. The summed E-state index contributed by atoms with van der Waals surface area (Å²) in [4.78, 5) is 11.6. The van der Waals surface area contributed by atoms with Crippen molar-refractivity contribution in [3.8, 4) is 0 Å². The molecule has 19 heavy (non-hydrogen) atoms. The zero-order valence-electron chi connectivity index (χ0n) is 11.6. The van der Waals surface area contributed by atoms with Crippen LogP contribution in [0, 0.1) is 0 Å². The maximum absolute atomic E-state index is 11.6. The van der Waals surface area contributed by atoms with E-state index in [2.05, 4.69) is 38.0 Å². The third-order valence-corrected chi connectivity index (χ3v) is 3.04. The standard InChI is InChI=1S/C15H19N3O/c1-15(2,3)12-6-4-11(5-7-12)10-18-14(19)9-8-13(16)17-18/h4-9H,10H2,1-3H3,(H2,16,17). The lowest BCUT2D eigenvalue weighted by Crippen LogP contribution is -2.23. The molecule has 0 radical (unpaired) electrons. The van der Waals surface area contributed by atoms with Crippen molar-refractivity contribution in [2.24, 2.45) is 0 Å². The first-order valence-corrected chi connectivity index (χ1v) is 6.29. The highest BCUT2D eigenvalue weighted by molar-refractivity contribution is 5.28. The average molecular weight is 257 g/mol. The van der Waals surface area contributed by atoms with Crippen LogP contribution in [0.25, 0.3) is 0 Å². The van der Waals surface area contributed by atoms with Crippen LogP contribution in [0.15, 0.2) is 41.2 Å². The lowest BCUT2D eigenvalue weighted by atomic mass is 9.87. The van der Waals surface area contributed by atoms with E-state index in [0.29, 0.717) is 12.4 Å². The van der Waals surface area contributed by atoms with E-state index in [1.54, 1.807) is 0 Å². The third kappa shape index (κ3) is 3.22. The van der Waals surface area contributed by atoms with E-state index in [0.717, 1.165) is 5.56 Å². The lowest BCUT2D eigenvalue weighted by molar-refractivity contribution is 0.589. The maximum atomic E-state index is 11.6. The fourth-order valence-electron chi connectivity index (χ4n) is 1.86. The van der Waals surface area contributed by atoms with Gasteiger partial charge in [0.25, 0.3) is 5.56 Å². The fraction of sp³-hybridized carbons (Fsp3) is 0.333. The van der Waals surface area contributed by atoms with E-state index in [4.69, 9.17) is 5.73 Å². The van der Waals surface area contributed by atoms with Crippen molar-refractivity contribution < 1.29 is 0 Å². The van der Waals surface area contributed by atoms with E-state index in [9.17, 15) is 4.79 Å². The van der Waals surface area contributed by atoms with Crippen LogP contribution in [-0.4, -0.2) is 9.78 Å². The van der Waals surface area contributed by atoms with E-state index in [1.165, 1.54) is 22.4 Å². The molecule has 4 nitrogen and oxygen atoms in total. The van der Waals surface area contributed by atoms with E-state index in [-0.39, 0.29) is 11.0 Å². The first-order chi connectivity index (χ1) is 8.86. The molecule has 0 unspecified atom stereocenters. The van der Waals surface area contributed by atoms with Crippen LogP contribution < -0.4 is 11.3 Å². The molecule has 0 aliphatic heterocycles. The van der Waals surface area contributed by atoms with Gasteiger partial charge in [0.2, 0.25) is 0 Å². The minimum Gasteiger partial charge on any atom is -0.382 e. The van der Waals surface area contributed by atoms with Gasteiger partial charge in [0.15, 0.2) is 0 Å². The molecule has 0 aliphatic carbocycles. The van der Waals surface area contributed by atoms with Gasteiger partial charge in [-0.3, -0.25) is 4.79 Å². The summed E-state index contributed by atoms with van der Waals surface area (Å²) in [6, 6.07) is 11.2. The Bertz CT molecular complexity index is 621. The highest BCUT2D eigenvalue weighted by Crippen LogP contribution is 2.22. The molecular formula is C15H19N3O. The Kier molecular flexibility index (Phi) is 3.42. The molecule has 100 valence electrons. The third-order valence-electron chi connectivity index (χ3n) is 3.04. The van der Waals surface area contributed by atoms with Gasteiger partial charge in [-0.15, -0.1) is 0 Å². The molecule has 0 spiro atoms. The lowest BCUT2D eigenvalue weighted by Gasteiger charge is -2.19. The molecule has 0 atom stereocenters. The Morgan fingerprint density at radius 1 is 1.11 bits per heavy atom. The molecule has 0 fully saturated rings. The largest absolute Gasteiger partial charge is 0.382 e. The quantitative estimate of drug-likeness (QED) is 0.897. The second kappa shape index (κ2) is 4.88. The molecule has 2 aromatic rings. The van der Waals surface area contributed by atoms with E-state index < -0.39 is 0 Å². The molecule has 1 heterocycles. The number of rotatable bonds is 2. The monoisotopic (exact) mass is 257 g/mol. The van der Waals surface area contributed by atoms with Crippen molar-refractivity contribution >= 4 is 5.82 Å². The predicted octanol–water partition coefficient (Wildman–Crippen LogP) is 2.17. The first kappa shape index (κ1) is 13.3. The van der Waals surface area contributed by atoms with Crippen LogP contribution in [0.5, 0.6) is 0 Å². The number of nitrogens with two attached hydrogens (primary N) is 1. The number of hydrogen-bond donors (Lipinski definition) is 1. The van der Waals surface area contributed by atoms with E-state index >= 15 is 0 Å². The van der Waals surface area contributed by atoms with Crippen LogP contribution >= 0.6 is 0 Å². The molecule has 2 N–H and O–H groups in total. The topological polar surface area (TPSA) is 60.9 Å². The highest BCUT2D eigenvalue weighted by Gasteiger charge is 2.12. The summed E-state index contributed by atoms with van der Waals surface area (Å²) in [6.45, 7) is 6.96. The second-order valence-electron chi connectivity index (χ2n) is 5.70. The van der Waals surface area contributed by atoms with Crippen molar-refractivity contribution in [3.63, 3.8) is 0 Å². The van der Waals surface area contributed by atoms with Crippen molar-refractivity contribution in [2.75, 3.05) is 5.73 Å². The molecule has 2 rings (SSSR count). The highest BCUT2D eigenvalue weighted by atomic mass is 16.1. The predicted molar refractivity (Wildman–Crippen MR) is 77.2 cm³/mol. The maximum Gasteiger partial charge on any atom is 0.267 e. The minimum absolute atomic E-state index is 0.130. The van der Waals surface area contributed by atoms with Crippen molar-refractivity contribution in [2.45, 2.75) is 32.7 Å². The summed E-state index contributed by atoms with van der Waals surface area (Å²) in [5, 5.41) is 4.02. The molecule has 1 aromatic carbocycles. The summed E-state index contributed by atoms with van der Waals surface area (Å²) in [6.07, 6.45) is 0. The van der Waals surface area contributed by atoms with Crippen LogP contribution in [-0.2, 0) is 12.0 Å². The van der Waals surface area contributed by atoms with Crippen molar-refractivity contribution in [3.05, 3.63) is 57.9 Å². The molecule has 0 saturated heterocycles. The van der Waals surface area contributed by atoms with Gasteiger partial charge >= 0.3 is 0 Å². The van der Waals surface area contributed by atoms with Gasteiger partial charge in [-0.2, -0.15) is 5.10 Å². The molecule has 0 saturated carbocycles. The molecular weight excluding hydrogens is 238 g/mol. The first-order valence-electron chi connectivity index (χ1n) is 6.29. The number of hydrogen-bond acceptors (Lipinski definition) is 3. The van der Waals surface area contributed by atoms with Crippen LogP contribution in [0.1, 0.15) is 31.9 Å². The number of anilines is 1. The van der Waals surface area contributed by atoms with Crippen LogP contribution in [0.3, 0.4) is 0 Å². The number of nitrogens with zero attached hydrogens (tertiary/aromatic N) is 2. The molecule has 0 amide bonds. The Hall–Kier alpha value is -2.10. The second-order valence-corrected chi connectivity index (χ2v) is 5.70. The Morgan fingerprint density at radius 2 is 1.74 bits per heavy atom. The van der Waals surface area contributed by atoms with Gasteiger partial charge in [-0.1, -0.05) is 45.0 Å².